The number of rotatable bonds is 2. The molecule has 1 atom stereocenters. The van der Waals surface area contributed by atoms with E-state index >= 15 is 0 Å². The van der Waals surface area contributed by atoms with Gasteiger partial charge in [0.05, 0.1) is 0 Å². The van der Waals surface area contributed by atoms with Gasteiger partial charge in [0.25, 0.3) is 0 Å². The van der Waals surface area contributed by atoms with Crippen LogP contribution in [0.3, 0.4) is 0 Å². The second kappa shape index (κ2) is 5.02. The third-order valence-electron chi connectivity index (χ3n) is 3.35. The molecule has 1 aromatic rings. The van der Waals surface area contributed by atoms with Crippen LogP contribution in [0.15, 0.2) is 18.2 Å². The van der Waals surface area contributed by atoms with Crippen LogP contribution in [-0.4, -0.2) is 6.54 Å². The highest BCUT2D eigenvalue weighted by Crippen LogP contribution is 2.36. The minimum absolute atomic E-state index is 0.0867. The van der Waals surface area contributed by atoms with Gasteiger partial charge in [-0.1, -0.05) is 59.7 Å². The van der Waals surface area contributed by atoms with Crippen LogP contribution in [-0.2, 0) is 10.8 Å². The van der Waals surface area contributed by atoms with E-state index in [1.54, 1.807) is 0 Å². The molecule has 0 spiro atoms. The lowest BCUT2D eigenvalue weighted by atomic mass is 9.74. The molecule has 1 unspecified atom stereocenters. The Morgan fingerprint density at radius 1 is 0.944 bits per heavy atom. The molecule has 0 fully saturated rings. The van der Waals surface area contributed by atoms with Gasteiger partial charge in [0.1, 0.15) is 0 Å². The Hall–Kier alpha value is -0.860. The van der Waals surface area contributed by atoms with E-state index in [0.29, 0.717) is 6.54 Å². The average molecular weight is 248 g/mol. The summed E-state index contributed by atoms with van der Waals surface area (Å²) < 4.78 is 0. The first-order valence-corrected chi connectivity index (χ1v) is 6.68. The fourth-order valence-electron chi connectivity index (χ4n) is 2.39. The standard InChI is InChI=1S/C16H28N2/c1-15(2,3)11-8-7-9-12(16(4,5)6)14(11)13(18)10-17/h7-9,13H,10,17-18H2,1-6H3. The molecule has 0 heterocycles. The zero-order valence-electron chi connectivity index (χ0n) is 12.7. The molecule has 0 radical (unpaired) electrons. The van der Waals surface area contributed by atoms with Crippen LogP contribution in [0, 0.1) is 0 Å². The van der Waals surface area contributed by atoms with Crippen LogP contribution >= 0.6 is 0 Å². The van der Waals surface area contributed by atoms with Crippen LogP contribution in [0.5, 0.6) is 0 Å². The Labute approximate surface area is 112 Å². The largest absolute Gasteiger partial charge is 0.329 e. The van der Waals surface area contributed by atoms with Crippen molar-refractivity contribution >= 4 is 0 Å². The Balaban J connectivity index is 3.56. The van der Waals surface area contributed by atoms with Gasteiger partial charge >= 0.3 is 0 Å². The lowest BCUT2D eigenvalue weighted by Crippen LogP contribution is -2.29. The van der Waals surface area contributed by atoms with Crippen molar-refractivity contribution in [2.75, 3.05) is 6.54 Å². The van der Waals surface area contributed by atoms with Crippen LogP contribution in [0.25, 0.3) is 0 Å². The molecular weight excluding hydrogens is 220 g/mol. The number of nitrogens with two attached hydrogens (primary N) is 2. The van der Waals surface area contributed by atoms with Gasteiger partial charge < -0.3 is 11.5 Å². The summed E-state index contributed by atoms with van der Waals surface area (Å²) in [5, 5.41) is 0. The van der Waals surface area contributed by atoms with Gasteiger partial charge in [0, 0.05) is 12.6 Å². The molecule has 0 aromatic heterocycles. The highest BCUT2D eigenvalue weighted by molar-refractivity contribution is 5.44. The maximum Gasteiger partial charge on any atom is 0.0425 e. The topological polar surface area (TPSA) is 52.0 Å². The van der Waals surface area contributed by atoms with Crippen LogP contribution in [0.1, 0.15) is 64.3 Å². The number of hydrogen-bond acceptors (Lipinski definition) is 2. The van der Waals surface area contributed by atoms with E-state index in [0.717, 1.165) is 0 Å². The normalized spacial score (nSPS) is 14.7. The van der Waals surface area contributed by atoms with Gasteiger partial charge in [-0.3, -0.25) is 0 Å². The van der Waals surface area contributed by atoms with E-state index in [9.17, 15) is 0 Å². The fraction of sp³-hybridized carbons (Fsp3) is 0.625. The second-order valence-corrected chi connectivity index (χ2v) is 7.11. The molecule has 18 heavy (non-hydrogen) atoms. The summed E-state index contributed by atoms with van der Waals surface area (Å²) in [5.74, 6) is 0. The van der Waals surface area contributed by atoms with Crippen molar-refractivity contribution in [1.82, 2.24) is 0 Å². The maximum absolute atomic E-state index is 6.26. The highest BCUT2D eigenvalue weighted by atomic mass is 14.7. The maximum atomic E-state index is 6.26. The first-order chi connectivity index (χ1) is 8.09. The van der Waals surface area contributed by atoms with E-state index in [1.165, 1.54) is 16.7 Å². The van der Waals surface area contributed by atoms with Gasteiger partial charge in [-0.05, 0) is 27.5 Å². The van der Waals surface area contributed by atoms with E-state index in [-0.39, 0.29) is 16.9 Å². The molecule has 1 rings (SSSR count). The van der Waals surface area contributed by atoms with Gasteiger partial charge in [-0.25, -0.2) is 0 Å². The predicted molar refractivity (Wildman–Crippen MR) is 79.8 cm³/mol. The van der Waals surface area contributed by atoms with Gasteiger partial charge in [-0.2, -0.15) is 0 Å². The summed E-state index contributed by atoms with van der Waals surface area (Å²) in [6.45, 7) is 13.8. The summed E-state index contributed by atoms with van der Waals surface area (Å²) in [6.07, 6.45) is 0. The Kier molecular flexibility index (Phi) is 4.24. The van der Waals surface area contributed by atoms with Gasteiger partial charge in [-0.15, -0.1) is 0 Å². The molecule has 2 nitrogen and oxygen atoms in total. The third-order valence-corrected chi connectivity index (χ3v) is 3.35. The van der Waals surface area contributed by atoms with Crippen molar-refractivity contribution in [3.8, 4) is 0 Å². The smallest absolute Gasteiger partial charge is 0.0425 e. The minimum atomic E-state index is -0.0883. The third kappa shape index (κ3) is 3.12. The minimum Gasteiger partial charge on any atom is -0.329 e. The molecular formula is C16H28N2. The van der Waals surface area contributed by atoms with Crippen LogP contribution in [0.2, 0.25) is 0 Å². The van der Waals surface area contributed by atoms with E-state index in [4.69, 9.17) is 11.5 Å². The lowest BCUT2D eigenvalue weighted by Gasteiger charge is -2.32. The molecule has 1 aromatic carbocycles. The van der Waals surface area contributed by atoms with Crippen molar-refractivity contribution in [3.05, 3.63) is 34.9 Å². The summed E-state index contributed by atoms with van der Waals surface area (Å²) in [5.41, 5.74) is 16.1. The van der Waals surface area contributed by atoms with Gasteiger partial charge in [0.2, 0.25) is 0 Å². The fourth-order valence-corrected chi connectivity index (χ4v) is 2.39. The van der Waals surface area contributed by atoms with Crippen molar-refractivity contribution in [3.63, 3.8) is 0 Å². The predicted octanol–water partition coefficient (Wildman–Crippen LogP) is 3.24. The summed E-state index contributed by atoms with van der Waals surface area (Å²) in [4.78, 5) is 0. The summed E-state index contributed by atoms with van der Waals surface area (Å²) in [7, 11) is 0. The Morgan fingerprint density at radius 3 is 1.61 bits per heavy atom. The number of benzene rings is 1. The van der Waals surface area contributed by atoms with E-state index < -0.39 is 0 Å². The zero-order chi connectivity index (χ0) is 14.1. The monoisotopic (exact) mass is 248 g/mol. The van der Waals surface area contributed by atoms with Gasteiger partial charge in [0.15, 0.2) is 0 Å². The summed E-state index contributed by atoms with van der Waals surface area (Å²) in [6, 6.07) is 6.41. The second-order valence-electron chi connectivity index (χ2n) is 7.11. The van der Waals surface area contributed by atoms with Crippen LogP contribution < -0.4 is 11.5 Å². The molecule has 0 bridgehead atoms. The lowest BCUT2D eigenvalue weighted by molar-refractivity contribution is 0.538. The quantitative estimate of drug-likeness (QED) is 0.844. The van der Waals surface area contributed by atoms with Crippen molar-refractivity contribution in [2.45, 2.75) is 58.4 Å². The Bertz CT molecular complexity index is 376. The molecule has 0 saturated heterocycles. The highest BCUT2D eigenvalue weighted by Gasteiger charge is 2.27. The van der Waals surface area contributed by atoms with E-state index in [1.807, 2.05) is 0 Å². The van der Waals surface area contributed by atoms with Crippen molar-refractivity contribution in [1.29, 1.82) is 0 Å². The molecule has 4 N–H and O–H groups in total. The SMILES string of the molecule is CC(C)(C)c1cccc(C(C)(C)C)c1C(N)CN. The molecule has 0 amide bonds. The molecule has 0 aliphatic carbocycles. The summed E-state index contributed by atoms with van der Waals surface area (Å²) >= 11 is 0. The average Bonchev–Trinajstić information content (AvgIpc) is 2.24. The van der Waals surface area contributed by atoms with Crippen molar-refractivity contribution in [2.24, 2.45) is 11.5 Å². The molecule has 2 heteroatoms. The van der Waals surface area contributed by atoms with E-state index in [2.05, 4.69) is 59.7 Å². The Morgan fingerprint density at radius 2 is 1.33 bits per heavy atom. The molecule has 0 aliphatic rings. The number of hydrogen-bond donors (Lipinski definition) is 2. The molecule has 0 aliphatic heterocycles. The molecule has 102 valence electrons. The zero-order valence-corrected chi connectivity index (χ0v) is 12.7. The molecule has 0 saturated carbocycles. The van der Waals surface area contributed by atoms with Crippen molar-refractivity contribution < 1.29 is 0 Å². The first kappa shape index (κ1) is 15.2. The van der Waals surface area contributed by atoms with Crippen LogP contribution in [0.4, 0.5) is 0 Å². The first-order valence-electron chi connectivity index (χ1n) is 6.68.